The summed E-state index contributed by atoms with van der Waals surface area (Å²) in [6.07, 6.45) is 3.02. The van der Waals surface area contributed by atoms with Gasteiger partial charge in [0.05, 0.1) is 18.8 Å². The first-order valence-electron chi connectivity index (χ1n) is 8.30. The quantitative estimate of drug-likeness (QED) is 0.647. The number of aliphatic hydroxyl groups is 2. The monoisotopic (exact) mass is 318 g/mol. The van der Waals surface area contributed by atoms with E-state index in [0.717, 1.165) is 24.0 Å². The van der Waals surface area contributed by atoms with Crippen LogP contribution in [0.4, 0.5) is 0 Å². The van der Waals surface area contributed by atoms with Gasteiger partial charge in [0.15, 0.2) is 6.29 Å². The van der Waals surface area contributed by atoms with Crippen LogP contribution in [0.5, 0.6) is 0 Å². The van der Waals surface area contributed by atoms with E-state index < -0.39 is 17.5 Å². The molecule has 0 spiro atoms. The molecule has 126 valence electrons. The van der Waals surface area contributed by atoms with E-state index in [4.69, 9.17) is 9.47 Å². The summed E-state index contributed by atoms with van der Waals surface area (Å²) in [4.78, 5) is 0. The van der Waals surface area contributed by atoms with Crippen LogP contribution in [0.15, 0.2) is 42.0 Å². The van der Waals surface area contributed by atoms with Gasteiger partial charge in [0, 0.05) is 12.3 Å². The Morgan fingerprint density at radius 1 is 1.26 bits per heavy atom. The van der Waals surface area contributed by atoms with Crippen LogP contribution in [0, 0.1) is 5.92 Å². The van der Waals surface area contributed by atoms with E-state index in [9.17, 15) is 10.2 Å². The predicted molar refractivity (Wildman–Crippen MR) is 87.6 cm³/mol. The van der Waals surface area contributed by atoms with Crippen molar-refractivity contribution in [3.05, 3.63) is 47.5 Å². The summed E-state index contributed by atoms with van der Waals surface area (Å²) in [5.74, 6) is -0.0704. The molecule has 3 rings (SSSR count). The maximum Gasteiger partial charge on any atom is 0.185 e. The first kappa shape index (κ1) is 16.7. The van der Waals surface area contributed by atoms with Gasteiger partial charge in [-0.2, -0.15) is 0 Å². The summed E-state index contributed by atoms with van der Waals surface area (Å²) in [5.41, 5.74) is 0.620. The van der Waals surface area contributed by atoms with Gasteiger partial charge in [0.25, 0.3) is 0 Å². The first-order valence-corrected chi connectivity index (χ1v) is 8.30. The van der Waals surface area contributed by atoms with Crippen molar-refractivity contribution in [3.63, 3.8) is 0 Å². The molecule has 0 unspecified atom stereocenters. The van der Waals surface area contributed by atoms with Gasteiger partial charge < -0.3 is 19.7 Å². The maximum atomic E-state index is 10.9. The van der Waals surface area contributed by atoms with Crippen LogP contribution in [0.3, 0.4) is 0 Å². The van der Waals surface area contributed by atoms with Crippen molar-refractivity contribution in [2.75, 3.05) is 6.61 Å². The van der Waals surface area contributed by atoms with Crippen molar-refractivity contribution >= 4 is 0 Å². The highest BCUT2D eigenvalue weighted by Gasteiger charge is 2.59. The Hall–Kier alpha value is -1.20. The van der Waals surface area contributed by atoms with Gasteiger partial charge in [-0.3, -0.25) is 0 Å². The molecular formula is C19H26O4. The van der Waals surface area contributed by atoms with Gasteiger partial charge in [0.2, 0.25) is 0 Å². The molecule has 2 N–H and O–H groups in total. The summed E-state index contributed by atoms with van der Waals surface area (Å²) < 4.78 is 11.3. The maximum absolute atomic E-state index is 10.9. The number of allylic oxidation sites excluding steroid dienone is 1. The Labute approximate surface area is 137 Å². The van der Waals surface area contributed by atoms with E-state index in [2.05, 4.69) is 6.08 Å². The van der Waals surface area contributed by atoms with Gasteiger partial charge in [-0.05, 0) is 32.3 Å². The van der Waals surface area contributed by atoms with E-state index in [0.29, 0.717) is 19.6 Å². The minimum absolute atomic E-state index is 0.0704. The van der Waals surface area contributed by atoms with E-state index in [1.807, 2.05) is 44.2 Å². The minimum atomic E-state index is -1.17. The fraction of sp³-hybridized carbons (Fsp3) is 0.579. The summed E-state index contributed by atoms with van der Waals surface area (Å²) in [7, 11) is 0. The van der Waals surface area contributed by atoms with Crippen LogP contribution in [-0.2, 0) is 16.1 Å². The molecule has 23 heavy (non-hydrogen) atoms. The molecule has 3 atom stereocenters. The summed E-state index contributed by atoms with van der Waals surface area (Å²) in [5, 5.41) is 21.0. The van der Waals surface area contributed by atoms with Crippen molar-refractivity contribution in [2.24, 2.45) is 5.92 Å². The van der Waals surface area contributed by atoms with Crippen molar-refractivity contribution in [1.29, 1.82) is 0 Å². The molecule has 1 aromatic rings. The normalized spacial score (nSPS) is 32.4. The van der Waals surface area contributed by atoms with Crippen molar-refractivity contribution in [3.8, 4) is 0 Å². The third-order valence-corrected chi connectivity index (χ3v) is 5.12. The molecule has 0 amide bonds. The molecule has 1 heterocycles. The Balaban J connectivity index is 1.52. The third kappa shape index (κ3) is 3.36. The highest BCUT2D eigenvalue weighted by molar-refractivity contribution is 5.20. The zero-order chi connectivity index (χ0) is 16.5. The number of aliphatic hydroxyl groups excluding tert-OH is 1. The lowest BCUT2D eigenvalue weighted by molar-refractivity contribution is -0.182. The molecular weight excluding hydrogens is 292 g/mol. The highest BCUT2D eigenvalue weighted by Crippen LogP contribution is 2.50. The average Bonchev–Trinajstić information content (AvgIpc) is 2.69. The summed E-state index contributed by atoms with van der Waals surface area (Å²) >= 11 is 0. The zero-order valence-electron chi connectivity index (χ0n) is 13.9. The molecule has 1 fully saturated rings. The average molecular weight is 318 g/mol. The lowest BCUT2D eigenvalue weighted by Crippen LogP contribution is -2.47. The van der Waals surface area contributed by atoms with E-state index in [1.165, 1.54) is 0 Å². The molecule has 1 aliphatic heterocycles. The van der Waals surface area contributed by atoms with E-state index in [-0.39, 0.29) is 5.92 Å². The Morgan fingerprint density at radius 3 is 2.74 bits per heavy atom. The Bertz CT molecular complexity index is 566. The van der Waals surface area contributed by atoms with E-state index >= 15 is 0 Å². The van der Waals surface area contributed by atoms with Crippen LogP contribution in [-0.4, -0.2) is 34.3 Å². The third-order valence-electron chi connectivity index (χ3n) is 5.12. The van der Waals surface area contributed by atoms with Crippen molar-refractivity contribution in [2.45, 2.75) is 57.2 Å². The molecule has 2 aliphatic rings. The number of fused-ring (bicyclic) bond motifs is 1. The Kier molecular flexibility index (Phi) is 4.61. The molecule has 1 saturated heterocycles. The molecule has 0 radical (unpaired) electrons. The standard InChI is InChI=1S/C19H26O4/c1-18(2)16-9-8-14(12-19(16,21)17(20)23-18)10-11-22-13-15-6-4-3-5-7-15/h3-8,16-17,20-21H,9-13H2,1-2H3/t16-,17+,19+/m1/s1. The molecule has 1 aromatic carbocycles. The minimum Gasteiger partial charge on any atom is -0.384 e. The fourth-order valence-corrected chi connectivity index (χ4v) is 3.82. The van der Waals surface area contributed by atoms with Crippen molar-refractivity contribution < 1.29 is 19.7 Å². The molecule has 4 heteroatoms. The predicted octanol–water partition coefficient (Wildman–Crippen LogP) is 2.79. The van der Waals surface area contributed by atoms with Gasteiger partial charge in [-0.1, -0.05) is 42.0 Å². The number of ether oxygens (including phenoxy) is 2. The number of hydrogen-bond donors (Lipinski definition) is 2. The van der Waals surface area contributed by atoms with Crippen molar-refractivity contribution in [1.82, 2.24) is 0 Å². The van der Waals surface area contributed by atoms with Crippen LogP contribution in [0.1, 0.15) is 38.7 Å². The molecule has 1 aliphatic carbocycles. The van der Waals surface area contributed by atoms with Gasteiger partial charge >= 0.3 is 0 Å². The Morgan fingerprint density at radius 2 is 2.00 bits per heavy atom. The van der Waals surface area contributed by atoms with Crippen LogP contribution >= 0.6 is 0 Å². The summed E-state index contributed by atoms with van der Waals surface area (Å²) in [6.45, 7) is 5.07. The molecule has 0 saturated carbocycles. The van der Waals surface area contributed by atoms with Gasteiger partial charge in [-0.25, -0.2) is 0 Å². The van der Waals surface area contributed by atoms with Crippen LogP contribution < -0.4 is 0 Å². The second-order valence-electron chi connectivity index (χ2n) is 7.18. The van der Waals surface area contributed by atoms with Gasteiger partial charge in [-0.15, -0.1) is 0 Å². The smallest absolute Gasteiger partial charge is 0.185 e. The zero-order valence-corrected chi connectivity index (χ0v) is 13.9. The summed E-state index contributed by atoms with van der Waals surface area (Å²) in [6, 6.07) is 10.1. The first-order chi connectivity index (χ1) is 10.9. The number of rotatable bonds is 5. The SMILES string of the molecule is CC1(C)O[C@H](O)[C@]2(O)CC(CCOCc3ccccc3)=CC[C@H]12. The molecule has 4 nitrogen and oxygen atoms in total. The number of hydrogen-bond acceptors (Lipinski definition) is 4. The topological polar surface area (TPSA) is 58.9 Å². The molecule has 0 aromatic heterocycles. The molecule has 0 bridgehead atoms. The second kappa shape index (κ2) is 6.36. The van der Waals surface area contributed by atoms with Crippen LogP contribution in [0.25, 0.3) is 0 Å². The second-order valence-corrected chi connectivity index (χ2v) is 7.18. The lowest BCUT2D eigenvalue weighted by Gasteiger charge is -2.37. The fourth-order valence-electron chi connectivity index (χ4n) is 3.82. The highest BCUT2D eigenvalue weighted by atomic mass is 16.6. The number of benzene rings is 1. The van der Waals surface area contributed by atoms with Crippen LogP contribution in [0.2, 0.25) is 0 Å². The van der Waals surface area contributed by atoms with Gasteiger partial charge in [0.1, 0.15) is 5.60 Å². The van der Waals surface area contributed by atoms with E-state index in [1.54, 1.807) is 0 Å². The largest absolute Gasteiger partial charge is 0.384 e. The lowest BCUT2D eigenvalue weighted by atomic mass is 9.70.